The Morgan fingerprint density at radius 2 is 1.43 bits per heavy atom. The van der Waals surface area contributed by atoms with Crippen molar-refractivity contribution in [3.63, 3.8) is 0 Å². The predicted molar refractivity (Wildman–Crippen MR) is 86.8 cm³/mol. The topological polar surface area (TPSA) is 18.5 Å². The van der Waals surface area contributed by atoms with Gasteiger partial charge in [-0.25, -0.2) is 0 Å². The Morgan fingerprint density at radius 3 is 2.19 bits per heavy atom. The molecule has 2 heteroatoms. The summed E-state index contributed by atoms with van der Waals surface area (Å²) in [7, 11) is 1.67. The van der Waals surface area contributed by atoms with E-state index in [4.69, 9.17) is 9.47 Å². The van der Waals surface area contributed by atoms with Crippen LogP contribution < -0.4 is 4.74 Å². The van der Waals surface area contributed by atoms with Gasteiger partial charge in [0.05, 0.1) is 6.61 Å². The monoisotopic (exact) mass is 278 g/mol. The smallest absolute Gasteiger partial charge is 0.119 e. The number of hydrogen-bond donors (Lipinski definition) is 0. The molecule has 0 saturated carbocycles. The van der Waals surface area contributed by atoms with Crippen LogP contribution in [0, 0.1) is 0 Å². The zero-order chi connectivity index (χ0) is 14.5. The van der Waals surface area contributed by atoms with E-state index in [0.717, 1.165) is 5.75 Å². The number of hydrogen-bond acceptors (Lipinski definition) is 2. The molecule has 2 nitrogen and oxygen atoms in total. The molecule has 0 aliphatic heterocycles. The van der Waals surface area contributed by atoms with Crippen LogP contribution in [0.4, 0.5) is 0 Å². The summed E-state index contributed by atoms with van der Waals surface area (Å²) in [5.41, 5.74) is 2.41. The molecule has 21 heavy (non-hydrogen) atoms. The molecule has 0 N–H and O–H groups in total. The molecular weight excluding hydrogens is 260 g/mol. The minimum atomic E-state index is 0.575. The number of methoxy groups -OCH3 is 1. The molecule has 3 rings (SSSR count). The summed E-state index contributed by atoms with van der Waals surface area (Å²) in [6.07, 6.45) is 0. The zero-order valence-corrected chi connectivity index (χ0v) is 12.1. The van der Waals surface area contributed by atoms with Gasteiger partial charge in [-0.15, -0.1) is 0 Å². The second-order valence-corrected chi connectivity index (χ2v) is 4.93. The molecule has 106 valence electrons. The standard InChI is InChI=1S/C19H18O2/c1-20-12-13-21-19-10-8-16(9-11-19)18-7-6-15-4-2-3-5-17(15)14-18/h2-11,14H,12-13H2,1H3. The van der Waals surface area contributed by atoms with Gasteiger partial charge in [0.2, 0.25) is 0 Å². The number of fused-ring (bicyclic) bond motifs is 1. The molecule has 0 amide bonds. The van der Waals surface area contributed by atoms with Crippen molar-refractivity contribution in [1.29, 1.82) is 0 Å². The van der Waals surface area contributed by atoms with Gasteiger partial charge in [-0.3, -0.25) is 0 Å². The van der Waals surface area contributed by atoms with Gasteiger partial charge in [-0.2, -0.15) is 0 Å². The van der Waals surface area contributed by atoms with Gasteiger partial charge in [0.1, 0.15) is 12.4 Å². The van der Waals surface area contributed by atoms with Gasteiger partial charge >= 0.3 is 0 Å². The summed E-state index contributed by atoms with van der Waals surface area (Å²) in [6, 6.07) is 23.1. The highest BCUT2D eigenvalue weighted by atomic mass is 16.5. The van der Waals surface area contributed by atoms with Crippen LogP contribution in [0.2, 0.25) is 0 Å². The molecule has 0 spiro atoms. The molecule has 0 radical (unpaired) electrons. The fraction of sp³-hybridized carbons (Fsp3) is 0.158. The van der Waals surface area contributed by atoms with Gasteiger partial charge in [0, 0.05) is 7.11 Å². The number of rotatable bonds is 5. The van der Waals surface area contributed by atoms with Crippen LogP contribution >= 0.6 is 0 Å². The molecule has 0 fully saturated rings. The Labute approximate surface area is 124 Å². The first-order chi connectivity index (χ1) is 10.4. The molecule has 0 heterocycles. The minimum Gasteiger partial charge on any atom is -0.491 e. The lowest BCUT2D eigenvalue weighted by molar-refractivity contribution is 0.146. The second-order valence-electron chi connectivity index (χ2n) is 4.93. The van der Waals surface area contributed by atoms with E-state index in [9.17, 15) is 0 Å². The molecule has 3 aromatic rings. The fourth-order valence-corrected chi connectivity index (χ4v) is 2.36. The Kier molecular flexibility index (Phi) is 4.17. The van der Waals surface area contributed by atoms with E-state index in [1.807, 2.05) is 12.1 Å². The highest BCUT2D eigenvalue weighted by Crippen LogP contribution is 2.26. The average Bonchev–Trinajstić information content (AvgIpc) is 2.55. The zero-order valence-electron chi connectivity index (χ0n) is 12.1. The molecule has 0 saturated heterocycles. The van der Waals surface area contributed by atoms with Crippen molar-refractivity contribution in [3.8, 4) is 16.9 Å². The molecule has 0 bridgehead atoms. The summed E-state index contributed by atoms with van der Waals surface area (Å²) in [4.78, 5) is 0. The molecular formula is C19H18O2. The van der Waals surface area contributed by atoms with Crippen molar-refractivity contribution >= 4 is 10.8 Å². The summed E-state index contributed by atoms with van der Waals surface area (Å²) in [5, 5.41) is 2.52. The number of ether oxygens (including phenoxy) is 2. The molecule has 0 unspecified atom stereocenters. The maximum absolute atomic E-state index is 5.58. The maximum Gasteiger partial charge on any atom is 0.119 e. The van der Waals surface area contributed by atoms with E-state index < -0.39 is 0 Å². The Bertz CT molecular complexity index is 717. The maximum atomic E-state index is 5.58. The van der Waals surface area contributed by atoms with Gasteiger partial charge < -0.3 is 9.47 Å². The van der Waals surface area contributed by atoms with Crippen LogP contribution in [0.1, 0.15) is 0 Å². The van der Waals surface area contributed by atoms with Crippen molar-refractivity contribution in [2.45, 2.75) is 0 Å². The third-order valence-electron chi connectivity index (χ3n) is 3.49. The third-order valence-corrected chi connectivity index (χ3v) is 3.49. The van der Waals surface area contributed by atoms with Crippen LogP contribution in [-0.4, -0.2) is 20.3 Å². The van der Waals surface area contributed by atoms with E-state index in [0.29, 0.717) is 13.2 Å². The van der Waals surface area contributed by atoms with Gasteiger partial charge in [-0.1, -0.05) is 48.5 Å². The lowest BCUT2D eigenvalue weighted by atomic mass is 10.0. The first-order valence-corrected chi connectivity index (χ1v) is 7.08. The van der Waals surface area contributed by atoms with Crippen molar-refractivity contribution in [3.05, 3.63) is 66.7 Å². The van der Waals surface area contributed by atoms with Crippen LogP contribution in [-0.2, 0) is 4.74 Å². The van der Waals surface area contributed by atoms with Crippen LogP contribution in [0.25, 0.3) is 21.9 Å². The highest BCUT2D eigenvalue weighted by Gasteiger charge is 2.00. The van der Waals surface area contributed by atoms with Crippen molar-refractivity contribution in [2.24, 2.45) is 0 Å². The molecule has 0 aromatic heterocycles. The van der Waals surface area contributed by atoms with Crippen molar-refractivity contribution in [1.82, 2.24) is 0 Å². The Balaban J connectivity index is 1.81. The predicted octanol–water partition coefficient (Wildman–Crippen LogP) is 4.53. The largest absolute Gasteiger partial charge is 0.491 e. The van der Waals surface area contributed by atoms with E-state index in [1.54, 1.807) is 7.11 Å². The van der Waals surface area contributed by atoms with Crippen molar-refractivity contribution < 1.29 is 9.47 Å². The SMILES string of the molecule is COCCOc1ccc(-c2ccc3ccccc3c2)cc1. The quantitative estimate of drug-likeness (QED) is 0.638. The third kappa shape index (κ3) is 3.23. The van der Waals surface area contributed by atoms with Crippen LogP contribution in [0.15, 0.2) is 66.7 Å². The normalized spacial score (nSPS) is 10.7. The first kappa shape index (κ1) is 13.7. The van der Waals surface area contributed by atoms with Gasteiger partial charge in [0.25, 0.3) is 0 Å². The van der Waals surface area contributed by atoms with Crippen LogP contribution in [0.5, 0.6) is 5.75 Å². The second kappa shape index (κ2) is 6.42. The van der Waals surface area contributed by atoms with Crippen LogP contribution in [0.3, 0.4) is 0 Å². The van der Waals surface area contributed by atoms with E-state index in [-0.39, 0.29) is 0 Å². The fourth-order valence-electron chi connectivity index (χ4n) is 2.36. The summed E-state index contributed by atoms with van der Waals surface area (Å²) >= 11 is 0. The Hall–Kier alpha value is -2.32. The summed E-state index contributed by atoms with van der Waals surface area (Å²) in [5.74, 6) is 0.872. The lowest BCUT2D eigenvalue weighted by Gasteiger charge is -2.07. The summed E-state index contributed by atoms with van der Waals surface area (Å²) in [6.45, 7) is 1.18. The Morgan fingerprint density at radius 1 is 0.714 bits per heavy atom. The van der Waals surface area contributed by atoms with Crippen molar-refractivity contribution in [2.75, 3.05) is 20.3 Å². The lowest BCUT2D eigenvalue weighted by Crippen LogP contribution is -2.03. The van der Waals surface area contributed by atoms with Gasteiger partial charge in [0.15, 0.2) is 0 Å². The summed E-state index contributed by atoms with van der Waals surface area (Å²) < 4.78 is 10.6. The molecule has 0 aliphatic rings. The van der Waals surface area contributed by atoms with Gasteiger partial charge in [-0.05, 0) is 40.1 Å². The van der Waals surface area contributed by atoms with E-state index >= 15 is 0 Å². The molecule has 0 atom stereocenters. The first-order valence-electron chi connectivity index (χ1n) is 7.08. The highest BCUT2D eigenvalue weighted by molar-refractivity contribution is 5.87. The molecule has 3 aromatic carbocycles. The molecule has 0 aliphatic carbocycles. The average molecular weight is 278 g/mol. The van der Waals surface area contributed by atoms with E-state index in [2.05, 4.69) is 54.6 Å². The van der Waals surface area contributed by atoms with E-state index in [1.165, 1.54) is 21.9 Å². The number of benzene rings is 3. The minimum absolute atomic E-state index is 0.575.